The molecule has 0 saturated heterocycles. The van der Waals surface area contributed by atoms with Crippen molar-refractivity contribution < 1.29 is 22.7 Å². The number of hydrogen-bond donors (Lipinski definition) is 3. The Bertz CT molecular complexity index is 1220. The summed E-state index contributed by atoms with van der Waals surface area (Å²) < 4.78 is 32.7. The summed E-state index contributed by atoms with van der Waals surface area (Å²) in [4.78, 5) is 24.1. The molecule has 3 rings (SSSR count). The third kappa shape index (κ3) is 6.22. The van der Waals surface area contributed by atoms with Gasteiger partial charge in [0.05, 0.1) is 4.90 Å². The van der Waals surface area contributed by atoms with E-state index in [1.165, 1.54) is 24.3 Å². The standard InChI is InChI=1S/C22H20ClN3O5S/c1-15-13-18(9-12-20(15)23)31-14-21(27)24-25-22(28)16-7-10-19(11-8-16)32(29,30)26-17-5-3-2-4-6-17/h2-13,26H,14H2,1H3,(H,24,27)(H,25,28). The molecule has 0 aliphatic heterocycles. The van der Waals surface area contributed by atoms with Crippen molar-refractivity contribution in [3.63, 3.8) is 0 Å². The predicted molar refractivity (Wildman–Crippen MR) is 121 cm³/mol. The zero-order chi connectivity index (χ0) is 23.1. The van der Waals surface area contributed by atoms with Gasteiger partial charge in [-0.3, -0.25) is 25.2 Å². The third-order valence-electron chi connectivity index (χ3n) is 4.27. The van der Waals surface area contributed by atoms with E-state index in [9.17, 15) is 18.0 Å². The minimum absolute atomic E-state index is 0.00593. The predicted octanol–water partition coefficient (Wildman–Crippen LogP) is 3.29. The Labute approximate surface area is 190 Å². The largest absolute Gasteiger partial charge is 0.484 e. The molecule has 0 radical (unpaired) electrons. The fraction of sp³-hybridized carbons (Fsp3) is 0.0909. The van der Waals surface area contributed by atoms with E-state index in [0.717, 1.165) is 5.56 Å². The van der Waals surface area contributed by atoms with Crippen molar-refractivity contribution in [3.05, 3.63) is 88.9 Å². The van der Waals surface area contributed by atoms with Gasteiger partial charge in [-0.25, -0.2) is 8.42 Å². The van der Waals surface area contributed by atoms with Crippen molar-refractivity contribution in [2.24, 2.45) is 0 Å². The molecule has 2 amide bonds. The Hall–Kier alpha value is -3.56. The maximum absolute atomic E-state index is 12.4. The number of nitrogens with one attached hydrogen (secondary N) is 3. The van der Waals surface area contributed by atoms with Crippen molar-refractivity contribution in [1.82, 2.24) is 10.9 Å². The van der Waals surface area contributed by atoms with Gasteiger partial charge in [0.2, 0.25) is 0 Å². The van der Waals surface area contributed by atoms with Crippen LogP contribution >= 0.6 is 11.6 Å². The van der Waals surface area contributed by atoms with Crippen LogP contribution in [-0.4, -0.2) is 26.8 Å². The Morgan fingerprint density at radius 1 is 0.938 bits per heavy atom. The molecular formula is C22H20ClN3O5S. The van der Waals surface area contributed by atoms with Crippen molar-refractivity contribution in [2.75, 3.05) is 11.3 Å². The van der Waals surface area contributed by atoms with E-state index in [2.05, 4.69) is 15.6 Å². The lowest BCUT2D eigenvalue weighted by Crippen LogP contribution is -2.43. The van der Waals surface area contributed by atoms with Gasteiger partial charge in [-0.1, -0.05) is 29.8 Å². The van der Waals surface area contributed by atoms with Crippen LogP contribution in [0.5, 0.6) is 5.75 Å². The molecule has 166 valence electrons. The average molecular weight is 474 g/mol. The Kier molecular flexibility index (Phi) is 7.34. The van der Waals surface area contributed by atoms with E-state index in [1.807, 2.05) is 6.92 Å². The van der Waals surface area contributed by atoms with E-state index >= 15 is 0 Å². The molecular weight excluding hydrogens is 454 g/mol. The van der Waals surface area contributed by atoms with Gasteiger partial charge >= 0.3 is 0 Å². The zero-order valence-corrected chi connectivity index (χ0v) is 18.5. The molecule has 0 spiro atoms. The molecule has 0 aliphatic carbocycles. The number of anilines is 1. The minimum Gasteiger partial charge on any atom is -0.484 e. The van der Waals surface area contributed by atoms with Crippen LogP contribution in [0, 0.1) is 6.92 Å². The zero-order valence-electron chi connectivity index (χ0n) is 17.0. The van der Waals surface area contributed by atoms with Crippen molar-refractivity contribution in [2.45, 2.75) is 11.8 Å². The van der Waals surface area contributed by atoms with E-state index in [-0.39, 0.29) is 17.1 Å². The fourth-order valence-corrected chi connectivity index (χ4v) is 3.77. The van der Waals surface area contributed by atoms with Crippen LogP contribution in [0.2, 0.25) is 5.02 Å². The lowest BCUT2D eigenvalue weighted by Gasteiger charge is -2.10. The highest BCUT2D eigenvalue weighted by Gasteiger charge is 2.15. The maximum Gasteiger partial charge on any atom is 0.276 e. The smallest absolute Gasteiger partial charge is 0.276 e. The van der Waals surface area contributed by atoms with E-state index in [0.29, 0.717) is 16.5 Å². The molecule has 0 atom stereocenters. The van der Waals surface area contributed by atoms with Crippen LogP contribution in [0.3, 0.4) is 0 Å². The summed E-state index contributed by atoms with van der Waals surface area (Å²) in [6, 6.07) is 18.7. The van der Waals surface area contributed by atoms with Crippen molar-refractivity contribution in [1.29, 1.82) is 0 Å². The second kappa shape index (κ2) is 10.2. The van der Waals surface area contributed by atoms with Gasteiger partial charge in [-0.05, 0) is 67.1 Å². The molecule has 3 N–H and O–H groups in total. The second-order valence-electron chi connectivity index (χ2n) is 6.70. The highest BCUT2D eigenvalue weighted by molar-refractivity contribution is 7.92. The van der Waals surface area contributed by atoms with Crippen LogP contribution in [0.4, 0.5) is 5.69 Å². The van der Waals surface area contributed by atoms with Gasteiger partial charge in [0.25, 0.3) is 21.8 Å². The van der Waals surface area contributed by atoms with Crippen LogP contribution in [0.15, 0.2) is 77.7 Å². The molecule has 0 bridgehead atoms. The molecule has 3 aromatic carbocycles. The highest BCUT2D eigenvalue weighted by Crippen LogP contribution is 2.21. The molecule has 0 heterocycles. The fourth-order valence-electron chi connectivity index (χ4n) is 2.60. The first-order valence-electron chi connectivity index (χ1n) is 9.41. The van der Waals surface area contributed by atoms with Gasteiger partial charge in [-0.2, -0.15) is 0 Å². The van der Waals surface area contributed by atoms with Gasteiger partial charge in [0.1, 0.15) is 5.75 Å². The van der Waals surface area contributed by atoms with Crippen molar-refractivity contribution in [3.8, 4) is 5.75 Å². The number of amides is 2. The van der Waals surface area contributed by atoms with E-state index in [1.54, 1.807) is 48.5 Å². The number of carbonyl (C=O) groups is 2. The average Bonchev–Trinajstić information content (AvgIpc) is 2.78. The third-order valence-corrected chi connectivity index (χ3v) is 6.09. The molecule has 0 unspecified atom stereocenters. The second-order valence-corrected chi connectivity index (χ2v) is 8.79. The number of carbonyl (C=O) groups excluding carboxylic acids is 2. The number of halogens is 1. The van der Waals surface area contributed by atoms with Gasteiger partial charge < -0.3 is 4.74 Å². The number of rotatable bonds is 7. The summed E-state index contributed by atoms with van der Waals surface area (Å²) in [7, 11) is -3.80. The van der Waals surface area contributed by atoms with Gasteiger partial charge in [0.15, 0.2) is 6.61 Å². The number of benzene rings is 3. The number of aryl methyl sites for hydroxylation is 1. The SMILES string of the molecule is Cc1cc(OCC(=O)NNC(=O)c2ccc(S(=O)(=O)Nc3ccccc3)cc2)ccc1Cl. The lowest BCUT2D eigenvalue weighted by molar-refractivity contribution is -0.123. The summed E-state index contributed by atoms with van der Waals surface area (Å²) in [6.07, 6.45) is 0. The normalized spacial score (nSPS) is 10.8. The topological polar surface area (TPSA) is 114 Å². The van der Waals surface area contributed by atoms with E-state index < -0.39 is 21.8 Å². The first-order valence-corrected chi connectivity index (χ1v) is 11.3. The summed E-state index contributed by atoms with van der Waals surface area (Å²) in [5.41, 5.74) is 5.88. The highest BCUT2D eigenvalue weighted by atomic mass is 35.5. The van der Waals surface area contributed by atoms with Gasteiger partial charge in [-0.15, -0.1) is 0 Å². The quantitative estimate of drug-likeness (QED) is 0.456. The number of sulfonamides is 1. The summed E-state index contributed by atoms with van der Waals surface area (Å²) in [5.74, 6) is -0.716. The van der Waals surface area contributed by atoms with Crippen molar-refractivity contribution >= 4 is 39.1 Å². The minimum atomic E-state index is -3.80. The molecule has 0 fully saturated rings. The summed E-state index contributed by atoms with van der Waals surface area (Å²) >= 11 is 5.94. The van der Waals surface area contributed by atoms with Crippen LogP contribution < -0.4 is 20.3 Å². The number of ether oxygens (including phenoxy) is 1. The monoisotopic (exact) mass is 473 g/mol. The molecule has 10 heteroatoms. The molecule has 0 aromatic heterocycles. The number of para-hydroxylation sites is 1. The maximum atomic E-state index is 12.4. The molecule has 0 saturated carbocycles. The first-order chi connectivity index (χ1) is 15.2. The Balaban J connectivity index is 1.52. The summed E-state index contributed by atoms with van der Waals surface area (Å²) in [5, 5.41) is 0.587. The summed E-state index contributed by atoms with van der Waals surface area (Å²) in [6.45, 7) is 1.49. The number of hydrogen-bond acceptors (Lipinski definition) is 5. The van der Waals surface area contributed by atoms with Crippen LogP contribution in [0.1, 0.15) is 15.9 Å². The molecule has 3 aromatic rings. The Morgan fingerprint density at radius 2 is 1.62 bits per heavy atom. The van der Waals surface area contributed by atoms with E-state index in [4.69, 9.17) is 16.3 Å². The Morgan fingerprint density at radius 3 is 2.28 bits per heavy atom. The first kappa shape index (κ1) is 23.1. The number of hydrazine groups is 1. The van der Waals surface area contributed by atoms with Crippen LogP contribution in [0.25, 0.3) is 0 Å². The molecule has 8 nitrogen and oxygen atoms in total. The van der Waals surface area contributed by atoms with Gasteiger partial charge in [0, 0.05) is 16.3 Å². The molecule has 0 aliphatic rings. The lowest BCUT2D eigenvalue weighted by atomic mass is 10.2. The molecule has 32 heavy (non-hydrogen) atoms. The van der Waals surface area contributed by atoms with Crippen LogP contribution in [-0.2, 0) is 14.8 Å².